The number of hydrogen-bond acceptors (Lipinski definition) is 4. The Kier molecular flexibility index (Phi) is 5.92. The second kappa shape index (κ2) is 8.12. The van der Waals surface area contributed by atoms with E-state index in [1.807, 2.05) is 0 Å². The molecule has 0 saturated heterocycles. The minimum absolute atomic E-state index is 0.101. The van der Waals surface area contributed by atoms with E-state index in [1.165, 1.54) is 18.2 Å². The molecule has 7 heteroatoms. The van der Waals surface area contributed by atoms with Crippen molar-refractivity contribution >= 4 is 35.0 Å². The summed E-state index contributed by atoms with van der Waals surface area (Å²) in [5.74, 6) is -0.112. The Morgan fingerprint density at radius 3 is 2.79 bits per heavy atom. The van der Waals surface area contributed by atoms with Gasteiger partial charge in [0.15, 0.2) is 0 Å². The lowest BCUT2D eigenvalue weighted by Gasteiger charge is -2.07. The quantitative estimate of drug-likeness (QED) is 0.480. The van der Waals surface area contributed by atoms with Gasteiger partial charge in [-0.25, -0.2) is 0 Å². The first-order valence-electron chi connectivity index (χ1n) is 7.15. The van der Waals surface area contributed by atoms with Crippen LogP contribution in [0.4, 0.5) is 11.4 Å². The lowest BCUT2D eigenvalue weighted by molar-refractivity contribution is -0.384. The molecule has 2 aromatic rings. The number of hydrogen-bond donors (Lipinski definition) is 1. The molecule has 0 spiro atoms. The average Bonchev–Trinajstić information content (AvgIpc) is 2.54. The van der Waals surface area contributed by atoms with Crippen molar-refractivity contribution in [3.63, 3.8) is 0 Å². The lowest BCUT2D eigenvalue weighted by Crippen LogP contribution is -2.09. The Balaban J connectivity index is 2.14. The lowest BCUT2D eigenvalue weighted by atomic mass is 10.2. The molecule has 2 aromatic carbocycles. The molecule has 24 heavy (non-hydrogen) atoms. The third-order valence-corrected chi connectivity index (χ3v) is 3.25. The number of anilines is 1. The number of rotatable bonds is 6. The van der Waals surface area contributed by atoms with Crippen LogP contribution in [0.5, 0.6) is 5.75 Å². The fourth-order valence-electron chi connectivity index (χ4n) is 1.98. The molecule has 0 heterocycles. The fourth-order valence-corrected chi connectivity index (χ4v) is 2.18. The standard InChI is InChI=1S/C17H15ClN2O4/c1-2-24-14-7-8-15(16(11-14)20(22)23)19-17(21)9-6-12-4-3-5-13(18)10-12/h3-11H,2H2,1H3,(H,19,21). The summed E-state index contributed by atoms with van der Waals surface area (Å²) in [5, 5.41) is 14.2. The van der Waals surface area contributed by atoms with E-state index in [1.54, 1.807) is 43.3 Å². The number of nitro benzene ring substituents is 1. The summed E-state index contributed by atoms with van der Waals surface area (Å²) in [4.78, 5) is 22.5. The Bertz CT molecular complexity index is 790. The topological polar surface area (TPSA) is 81.5 Å². The largest absolute Gasteiger partial charge is 0.494 e. The summed E-state index contributed by atoms with van der Waals surface area (Å²) in [5.41, 5.74) is 0.619. The zero-order valence-electron chi connectivity index (χ0n) is 12.9. The number of nitro groups is 1. The smallest absolute Gasteiger partial charge is 0.296 e. The van der Waals surface area contributed by atoms with Crippen LogP contribution in [-0.4, -0.2) is 17.4 Å². The number of carbonyl (C=O) groups excluding carboxylic acids is 1. The van der Waals surface area contributed by atoms with E-state index < -0.39 is 10.8 Å². The molecule has 6 nitrogen and oxygen atoms in total. The molecule has 0 radical (unpaired) electrons. The van der Waals surface area contributed by atoms with Gasteiger partial charge in [0, 0.05) is 11.1 Å². The number of amides is 1. The third-order valence-electron chi connectivity index (χ3n) is 3.01. The molecule has 0 aromatic heterocycles. The van der Waals surface area contributed by atoms with Crippen molar-refractivity contribution < 1.29 is 14.5 Å². The van der Waals surface area contributed by atoms with E-state index in [9.17, 15) is 14.9 Å². The summed E-state index contributed by atoms with van der Waals surface area (Å²) < 4.78 is 5.23. The van der Waals surface area contributed by atoms with Gasteiger partial charge in [-0.05, 0) is 42.8 Å². The molecule has 0 saturated carbocycles. The van der Waals surface area contributed by atoms with Crippen molar-refractivity contribution in [2.45, 2.75) is 6.92 Å². The van der Waals surface area contributed by atoms with Crippen molar-refractivity contribution in [2.24, 2.45) is 0 Å². The fraction of sp³-hybridized carbons (Fsp3) is 0.118. The molecule has 1 amide bonds. The minimum atomic E-state index is -0.571. The summed E-state index contributed by atoms with van der Waals surface area (Å²) in [7, 11) is 0. The highest BCUT2D eigenvalue weighted by molar-refractivity contribution is 6.30. The molecule has 0 unspecified atom stereocenters. The van der Waals surface area contributed by atoms with E-state index in [2.05, 4.69) is 5.32 Å². The van der Waals surface area contributed by atoms with Crippen molar-refractivity contribution in [1.82, 2.24) is 0 Å². The van der Waals surface area contributed by atoms with E-state index in [-0.39, 0.29) is 11.4 Å². The van der Waals surface area contributed by atoms with Crippen LogP contribution in [0.25, 0.3) is 6.08 Å². The van der Waals surface area contributed by atoms with E-state index >= 15 is 0 Å². The Morgan fingerprint density at radius 2 is 2.12 bits per heavy atom. The van der Waals surface area contributed by atoms with Gasteiger partial charge in [0.1, 0.15) is 11.4 Å². The maximum Gasteiger partial charge on any atom is 0.296 e. The monoisotopic (exact) mass is 346 g/mol. The van der Waals surface area contributed by atoms with Crippen LogP contribution in [0.1, 0.15) is 12.5 Å². The first-order chi connectivity index (χ1) is 11.5. The predicted octanol–water partition coefficient (Wildman–Crippen LogP) is 4.30. The van der Waals surface area contributed by atoms with Gasteiger partial charge in [-0.3, -0.25) is 14.9 Å². The van der Waals surface area contributed by atoms with Gasteiger partial charge in [-0.1, -0.05) is 23.7 Å². The van der Waals surface area contributed by atoms with Crippen molar-refractivity contribution in [3.8, 4) is 5.75 Å². The average molecular weight is 347 g/mol. The highest BCUT2D eigenvalue weighted by atomic mass is 35.5. The highest BCUT2D eigenvalue weighted by Gasteiger charge is 2.16. The zero-order valence-corrected chi connectivity index (χ0v) is 13.6. The Morgan fingerprint density at radius 1 is 1.33 bits per heavy atom. The zero-order chi connectivity index (χ0) is 17.5. The van der Waals surface area contributed by atoms with E-state index in [0.717, 1.165) is 5.56 Å². The number of nitrogens with zero attached hydrogens (tertiary/aromatic N) is 1. The number of carbonyl (C=O) groups is 1. The Labute approximate surface area is 143 Å². The molecule has 0 aliphatic carbocycles. The number of ether oxygens (including phenoxy) is 1. The van der Waals surface area contributed by atoms with Crippen molar-refractivity contribution in [2.75, 3.05) is 11.9 Å². The van der Waals surface area contributed by atoms with Gasteiger partial charge in [0.2, 0.25) is 5.91 Å². The van der Waals surface area contributed by atoms with Crippen LogP contribution in [0.3, 0.4) is 0 Å². The molecular formula is C17H15ClN2O4. The normalized spacial score (nSPS) is 10.6. The summed E-state index contributed by atoms with van der Waals surface area (Å²) in [6.45, 7) is 2.17. The van der Waals surface area contributed by atoms with Crippen LogP contribution in [0.2, 0.25) is 5.02 Å². The maximum absolute atomic E-state index is 12.0. The van der Waals surface area contributed by atoms with Gasteiger partial charge in [-0.15, -0.1) is 0 Å². The summed E-state index contributed by atoms with van der Waals surface area (Å²) in [6.07, 6.45) is 2.85. The predicted molar refractivity (Wildman–Crippen MR) is 93.4 cm³/mol. The summed E-state index contributed by atoms with van der Waals surface area (Å²) >= 11 is 5.86. The molecule has 0 aliphatic rings. The Hall–Kier alpha value is -2.86. The molecule has 0 aliphatic heterocycles. The molecule has 124 valence electrons. The van der Waals surface area contributed by atoms with Gasteiger partial charge < -0.3 is 10.1 Å². The minimum Gasteiger partial charge on any atom is -0.494 e. The van der Waals surface area contributed by atoms with E-state index in [4.69, 9.17) is 16.3 Å². The maximum atomic E-state index is 12.0. The molecule has 0 bridgehead atoms. The van der Waals surface area contributed by atoms with Crippen molar-refractivity contribution in [1.29, 1.82) is 0 Å². The van der Waals surface area contributed by atoms with Gasteiger partial charge >= 0.3 is 0 Å². The number of benzene rings is 2. The van der Waals surface area contributed by atoms with Crippen LogP contribution in [-0.2, 0) is 4.79 Å². The number of nitrogens with one attached hydrogen (secondary N) is 1. The van der Waals surface area contributed by atoms with Gasteiger partial charge in [0.25, 0.3) is 5.69 Å². The number of halogens is 1. The second-order valence-corrected chi connectivity index (χ2v) is 5.18. The van der Waals surface area contributed by atoms with Crippen LogP contribution >= 0.6 is 11.6 Å². The van der Waals surface area contributed by atoms with Crippen molar-refractivity contribution in [3.05, 3.63) is 69.2 Å². The molecule has 0 atom stereocenters. The second-order valence-electron chi connectivity index (χ2n) is 4.75. The third kappa shape index (κ3) is 4.82. The first-order valence-corrected chi connectivity index (χ1v) is 7.53. The summed E-state index contributed by atoms with van der Waals surface area (Å²) in [6, 6.07) is 11.2. The van der Waals surface area contributed by atoms with Crippen LogP contribution in [0, 0.1) is 10.1 Å². The van der Waals surface area contributed by atoms with Crippen LogP contribution < -0.4 is 10.1 Å². The van der Waals surface area contributed by atoms with E-state index in [0.29, 0.717) is 17.4 Å². The first kappa shape index (κ1) is 17.5. The molecule has 2 rings (SSSR count). The highest BCUT2D eigenvalue weighted by Crippen LogP contribution is 2.29. The SMILES string of the molecule is CCOc1ccc(NC(=O)C=Cc2cccc(Cl)c2)c([N+](=O)[O-])c1. The van der Waals surface area contributed by atoms with Gasteiger partial charge in [0.05, 0.1) is 17.6 Å². The van der Waals surface area contributed by atoms with Gasteiger partial charge in [-0.2, -0.15) is 0 Å². The van der Waals surface area contributed by atoms with Crippen LogP contribution in [0.15, 0.2) is 48.5 Å². The molecular weight excluding hydrogens is 332 g/mol. The molecule has 1 N–H and O–H groups in total. The molecule has 0 fully saturated rings.